The summed E-state index contributed by atoms with van der Waals surface area (Å²) in [4.78, 5) is 97.1. The molecule has 0 unspecified atom stereocenters. The molecule has 3 saturated heterocycles. The molecule has 28 heteroatoms. The maximum atomic E-state index is 13.6. The zero-order valence-electron chi connectivity index (χ0n) is 70.4. The standard InChI is InChI=1S/C45H38N4O7.C34H33BO6.C17H18N6O4/c1-25(2)41-38-22-37(43(49(38)44(41)51)45(52)55-24-28-7-11-30(12-8-28)47-48-46)29-9-5-27(6-10-29)23-54-33-15-18-36-40(21-33)56-39-20-31(50)13-16-35(39)42(36)34-17-14-32(53-4)19-26(34)3;1-21-17-25(37-6)12-15-27(21)32-28-14-11-24(36)18-30(28)39-31-19-26(13-16-29(31)32)38-20-22-7-9-23(10-8-22)35-40-33(2,3)34(4,5)41-35;1-9(2)14-12(20-16(14)25)7-13(24)15(21-18)17(26)27-8-10-3-5-11(6-4-10)22-23-19/h5-21,25,38,41H,22-24H2,1-4H3;7-19H,20H2,1-6H3;3-6,9,12,14H,7-8H2,1-2H3,(H,20,25)/t38-,41-;;12-,14-/m1.1/s1. The molecule has 8 aromatic carbocycles. The second kappa shape index (κ2) is 36.5. The highest BCUT2D eigenvalue weighted by atomic mass is 16.7. The third-order valence-corrected chi connectivity index (χ3v) is 23.2. The highest BCUT2D eigenvalue weighted by Gasteiger charge is 2.57. The van der Waals surface area contributed by atoms with Crippen LogP contribution in [0, 0.1) is 37.5 Å². The Morgan fingerprint density at radius 2 is 0.976 bits per heavy atom. The third-order valence-electron chi connectivity index (χ3n) is 23.2. The Morgan fingerprint density at radius 3 is 1.42 bits per heavy atom. The number of hydrogen-bond acceptors (Lipinski definition) is 19. The van der Waals surface area contributed by atoms with E-state index in [1.54, 1.807) is 85.8 Å². The summed E-state index contributed by atoms with van der Waals surface area (Å²) in [6.45, 7) is 20.6. The Balaban J connectivity index is 0.000000162. The van der Waals surface area contributed by atoms with E-state index in [-0.39, 0.29) is 95.5 Å². The molecule has 16 rings (SSSR count). The van der Waals surface area contributed by atoms with Crippen molar-refractivity contribution in [2.45, 2.75) is 132 Å². The molecule has 1 N–H and O–H groups in total. The molecular weight excluding hydrogens is 1580 g/mol. The van der Waals surface area contributed by atoms with Gasteiger partial charge in [-0.2, -0.15) is 4.79 Å². The number of carbonyl (C=O) groups is 5. The summed E-state index contributed by atoms with van der Waals surface area (Å²) in [6, 6.07) is 61.7. The zero-order valence-corrected chi connectivity index (χ0v) is 70.4. The first-order valence-corrected chi connectivity index (χ1v) is 40.4. The predicted molar refractivity (Wildman–Crippen MR) is 468 cm³/mol. The van der Waals surface area contributed by atoms with Crippen molar-refractivity contribution in [3.63, 3.8) is 0 Å². The Kier molecular flexibility index (Phi) is 25.3. The van der Waals surface area contributed by atoms with Crippen LogP contribution in [-0.2, 0) is 69.2 Å². The first kappa shape index (κ1) is 86.0. The topological polar surface area (TPSA) is 369 Å². The SMILES string of the molecule is CC(C)[C@H]1C(=O)N[C@@H]1CC(=O)C(=[N+]=[N-])C(=O)OCc1ccc(N=[N+]=[N-])cc1.COc1ccc(-c2c3ccc(=O)cc-3oc3cc(OCc4ccc(B5OC(C)(C)C(C)(C)O5)cc4)ccc23)c(C)c1.COc1ccc(-c2c3ccc(=O)cc-3oc3cc(OCc4ccc(C5=C(C(=O)OCc6ccc(N=[N+]=[N-])cc6)N6C(=O)[C@H](C(C)C)[C@H]6C5)cc4)ccc23)c(C)c1. The number of nitrogens with one attached hydrogen (secondary N) is 1. The molecule has 0 bridgehead atoms. The van der Waals surface area contributed by atoms with Gasteiger partial charge < -0.3 is 62.3 Å². The Labute approximate surface area is 714 Å². The van der Waals surface area contributed by atoms with Gasteiger partial charge in [0.15, 0.2) is 10.9 Å². The van der Waals surface area contributed by atoms with Gasteiger partial charge in [-0.15, -0.1) is 0 Å². The normalized spacial score (nSPS) is 16.4. The van der Waals surface area contributed by atoms with Gasteiger partial charge in [-0.1, -0.05) is 147 Å². The van der Waals surface area contributed by atoms with Crippen molar-refractivity contribution in [2.75, 3.05) is 14.2 Å². The number of nitrogens with zero attached hydrogens (tertiary/aromatic N) is 9. The smallest absolute Gasteiger partial charge is 0.494 e. The van der Waals surface area contributed by atoms with Crippen LogP contribution >= 0.6 is 0 Å². The van der Waals surface area contributed by atoms with Crippen LogP contribution < -0.4 is 40.6 Å². The second-order valence-electron chi connectivity index (χ2n) is 32.5. The summed E-state index contributed by atoms with van der Waals surface area (Å²) in [6.07, 6.45) is 0.404. The Hall–Kier alpha value is -14.4. The van der Waals surface area contributed by atoms with Crippen molar-refractivity contribution < 1.29 is 75.3 Å². The number of Topliss-reactive ketones (excluding diaryl/α,β-unsaturated/α-hetero) is 1. The molecule has 0 aromatic heterocycles. The average Bonchev–Trinajstić information content (AvgIpc) is 1.55. The van der Waals surface area contributed by atoms with Crippen LogP contribution in [0.25, 0.3) is 98.8 Å². The molecule has 4 atom stereocenters. The van der Waals surface area contributed by atoms with Crippen molar-refractivity contribution >= 4 is 86.7 Å². The molecule has 8 aromatic rings. The van der Waals surface area contributed by atoms with Crippen molar-refractivity contribution in [2.24, 2.45) is 33.9 Å². The highest BCUT2D eigenvalue weighted by Crippen LogP contribution is 2.50. The van der Waals surface area contributed by atoms with Crippen LogP contribution in [0.5, 0.6) is 23.0 Å². The molecule has 628 valence electrons. The quantitative estimate of drug-likeness (QED) is 0.00639. The lowest BCUT2D eigenvalue weighted by atomic mass is 9.78. The molecule has 6 heterocycles. The van der Waals surface area contributed by atoms with Gasteiger partial charge >= 0.3 is 24.8 Å². The van der Waals surface area contributed by atoms with Crippen molar-refractivity contribution in [3.05, 3.63) is 298 Å². The lowest BCUT2D eigenvalue weighted by Gasteiger charge is -2.45. The number of methoxy groups -OCH3 is 2. The molecule has 6 aliphatic heterocycles. The van der Waals surface area contributed by atoms with Crippen molar-refractivity contribution in [1.29, 1.82) is 0 Å². The molecule has 3 fully saturated rings. The van der Waals surface area contributed by atoms with Gasteiger partial charge in [0, 0.05) is 91.0 Å². The fourth-order valence-electron chi connectivity index (χ4n) is 15.9. The van der Waals surface area contributed by atoms with Crippen LogP contribution in [0.3, 0.4) is 0 Å². The van der Waals surface area contributed by atoms with E-state index >= 15 is 0 Å². The number of carbonyl (C=O) groups excluding carboxylic acids is 5. The van der Waals surface area contributed by atoms with Crippen molar-refractivity contribution in [1.82, 2.24) is 10.2 Å². The van der Waals surface area contributed by atoms with E-state index in [9.17, 15) is 33.6 Å². The minimum Gasteiger partial charge on any atom is -0.497 e. The number of β-lactam (4-membered cyclic amide) rings is 2. The van der Waals surface area contributed by atoms with Gasteiger partial charge in [0.1, 0.15) is 77.8 Å². The number of azide groups is 2. The zero-order chi connectivity index (χ0) is 88.0. The summed E-state index contributed by atoms with van der Waals surface area (Å²) in [5.74, 6) is 1.00. The Morgan fingerprint density at radius 1 is 0.532 bits per heavy atom. The minimum atomic E-state index is -1.06. The van der Waals surface area contributed by atoms with E-state index in [1.165, 1.54) is 12.1 Å². The number of benzene rings is 10. The second-order valence-corrected chi connectivity index (χ2v) is 32.5. The third kappa shape index (κ3) is 18.3. The summed E-state index contributed by atoms with van der Waals surface area (Å²) in [5.41, 5.74) is 40.3. The molecular formula is C96H89BN10O17. The van der Waals surface area contributed by atoms with Gasteiger partial charge in [-0.05, 0) is 205 Å². The fraction of sp³-hybridized carbons (Fsp3) is 0.271. The monoisotopic (exact) mass is 1660 g/mol. The van der Waals surface area contributed by atoms with E-state index in [2.05, 4.69) is 64.8 Å². The Bertz CT molecular complexity index is 6390. The van der Waals surface area contributed by atoms with E-state index in [0.717, 1.165) is 100 Å². The summed E-state index contributed by atoms with van der Waals surface area (Å²) in [7, 11) is 2.90. The number of ketones is 1. The van der Waals surface area contributed by atoms with Crippen LogP contribution in [0.15, 0.2) is 241 Å². The first-order chi connectivity index (χ1) is 59.5. The number of esters is 2. The van der Waals surface area contributed by atoms with Gasteiger partial charge in [-0.25, -0.2) is 9.59 Å². The molecule has 124 heavy (non-hydrogen) atoms. The van der Waals surface area contributed by atoms with Gasteiger partial charge in [0.2, 0.25) is 11.8 Å². The number of amides is 2. The summed E-state index contributed by atoms with van der Waals surface area (Å²) < 4.78 is 58.9. The van der Waals surface area contributed by atoms with E-state index in [0.29, 0.717) is 64.2 Å². The summed E-state index contributed by atoms with van der Waals surface area (Å²) in [5, 5.41) is 11.4. The number of ether oxygens (including phenoxy) is 6. The van der Waals surface area contributed by atoms with Crippen LogP contribution in [0.4, 0.5) is 11.4 Å². The number of fused-ring (bicyclic) bond motifs is 5. The molecule has 0 saturated carbocycles. The van der Waals surface area contributed by atoms with E-state index in [4.69, 9.17) is 63.2 Å². The molecule has 0 spiro atoms. The van der Waals surface area contributed by atoms with E-state index < -0.39 is 36.6 Å². The highest BCUT2D eigenvalue weighted by molar-refractivity contribution is 6.62. The molecule has 2 amide bonds. The minimum absolute atomic E-state index is 0.00311. The fourth-order valence-corrected chi connectivity index (χ4v) is 15.9. The summed E-state index contributed by atoms with van der Waals surface area (Å²) >= 11 is 0. The lowest BCUT2D eigenvalue weighted by Crippen LogP contribution is -2.61. The molecule has 0 radical (unpaired) electrons. The number of hydrogen-bond donors (Lipinski definition) is 1. The van der Waals surface area contributed by atoms with Crippen molar-refractivity contribution in [3.8, 4) is 67.9 Å². The van der Waals surface area contributed by atoms with E-state index in [1.807, 2.05) is 162 Å². The maximum absolute atomic E-state index is 13.6. The maximum Gasteiger partial charge on any atom is 0.494 e. The molecule has 8 aliphatic rings. The lowest BCUT2D eigenvalue weighted by molar-refractivity contribution is -0.159. The van der Waals surface area contributed by atoms with Gasteiger partial charge in [-0.3, -0.25) is 24.0 Å². The van der Waals surface area contributed by atoms with Gasteiger partial charge in [0.05, 0.1) is 43.3 Å². The number of rotatable bonds is 25. The van der Waals surface area contributed by atoms with Crippen LogP contribution in [0.1, 0.15) is 107 Å². The predicted octanol–water partition coefficient (Wildman–Crippen LogP) is 18.6. The van der Waals surface area contributed by atoms with Crippen LogP contribution in [-0.4, -0.2) is 89.6 Å². The van der Waals surface area contributed by atoms with Crippen LogP contribution in [0.2, 0.25) is 0 Å². The molecule has 27 nitrogen and oxygen atoms in total. The largest absolute Gasteiger partial charge is 0.497 e. The first-order valence-electron chi connectivity index (χ1n) is 40.4. The van der Waals surface area contributed by atoms with Gasteiger partial charge in [0.25, 0.3) is 5.78 Å². The molecule has 2 aliphatic carbocycles. The number of aryl methyl sites for hydroxylation is 2. The average molecular weight is 1670 g/mol.